The largest absolute Gasteiger partial charge is 0.491 e. The van der Waals surface area contributed by atoms with Gasteiger partial charge in [-0.3, -0.25) is 4.79 Å². The normalized spacial score (nSPS) is 18.3. The number of amides is 1. The maximum atomic E-state index is 12.0. The molecule has 130 valence electrons. The maximum Gasteiger partial charge on any atom is 0.224 e. The summed E-state index contributed by atoms with van der Waals surface area (Å²) in [6.07, 6.45) is 3.07. The fourth-order valence-corrected chi connectivity index (χ4v) is 2.70. The topological polar surface area (TPSA) is 50.4 Å². The third kappa shape index (κ3) is 6.80. The molecule has 1 aromatic rings. The number of hydrogen-bond acceptors (Lipinski definition) is 3. The van der Waals surface area contributed by atoms with Gasteiger partial charge in [0.05, 0.1) is 12.0 Å². The van der Waals surface area contributed by atoms with Crippen LogP contribution in [0, 0.1) is 5.92 Å². The molecular formula is C18H29ClN2O2. The van der Waals surface area contributed by atoms with Gasteiger partial charge in [0.2, 0.25) is 5.91 Å². The number of aryl methyl sites for hydroxylation is 1. The van der Waals surface area contributed by atoms with Gasteiger partial charge in [-0.25, -0.2) is 0 Å². The van der Waals surface area contributed by atoms with Crippen LogP contribution in [-0.4, -0.2) is 31.1 Å². The van der Waals surface area contributed by atoms with Crippen molar-refractivity contribution < 1.29 is 9.53 Å². The number of rotatable bonds is 7. The predicted molar refractivity (Wildman–Crippen MR) is 96.4 cm³/mol. The van der Waals surface area contributed by atoms with E-state index in [-0.39, 0.29) is 36.4 Å². The van der Waals surface area contributed by atoms with Gasteiger partial charge >= 0.3 is 0 Å². The number of halogens is 1. The van der Waals surface area contributed by atoms with E-state index in [2.05, 4.69) is 29.7 Å². The van der Waals surface area contributed by atoms with Crippen molar-refractivity contribution in [1.29, 1.82) is 0 Å². The van der Waals surface area contributed by atoms with Crippen LogP contribution in [0.1, 0.15) is 39.2 Å². The zero-order valence-electron chi connectivity index (χ0n) is 14.3. The Balaban J connectivity index is 0.00000264. The lowest BCUT2D eigenvalue weighted by Gasteiger charge is -2.17. The lowest BCUT2D eigenvalue weighted by molar-refractivity contribution is -0.125. The molecule has 0 radical (unpaired) electrons. The van der Waals surface area contributed by atoms with E-state index in [1.807, 2.05) is 26.0 Å². The van der Waals surface area contributed by atoms with E-state index in [9.17, 15) is 4.79 Å². The molecule has 2 unspecified atom stereocenters. The number of hydrogen-bond donors (Lipinski definition) is 2. The summed E-state index contributed by atoms with van der Waals surface area (Å²) in [5, 5.41) is 6.36. The Morgan fingerprint density at radius 1 is 1.30 bits per heavy atom. The average Bonchev–Trinajstić information content (AvgIpc) is 3.00. The molecular weight excluding hydrogens is 312 g/mol. The van der Waals surface area contributed by atoms with Crippen molar-refractivity contribution in [3.8, 4) is 5.75 Å². The van der Waals surface area contributed by atoms with E-state index in [0.29, 0.717) is 0 Å². The quantitative estimate of drug-likeness (QED) is 0.802. The minimum absolute atomic E-state index is 0. The molecule has 0 aliphatic carbocycles. The Hall–Kier alpha value is -1.26. The van der Waals surface area contributed by atoms with Crippen LogP contribution >= 0.6 is 12.4 Å². The molecule has 5 heteroatoms. The van der Waals surface area contributed by atoms with Crippen LogP contribution in [0.25, 0.3) is 0 Å². The molecule has 1 aliphatic heterocycles. The van der Waals surface area contributed by atoms with Crippen molar-refractivity contribution in [3.05, 3.63) is 29.8 Å². The standard InChI is InChI=1S/C18H28N2O2.ClH/c1-13(2)22-17-8-6-15(7-9-17)5-4-14(3)20-18(21)16-10-11-19-12-16;/h6-9,13-14,16,19H,4-5,10-12H2,1-3H3,(H,20,21);1H. The second-order valence-corrected chi connectivity index (χ2v) is 6.45. The molecule has 1 amide bonds. The molecule has 2 atom stereocenters. The van der Waals surface area contributed by atoms with Crippen LogP contribution in [-0.2, 0) is 11.2 Å². The van der Waals surface area contributed by atoms with Gasteiger partial charge in [0.25, 0.3) is 0 Å². The van der Waals surface area contributed by atoms with Crippen molar-refractivity contribution in [2.24, 2.45) is 5.92 Å². The number of carbonyl (C=O) groups excluding carboxylic acids is 1. The Bertz CT molecular complexity index is 470. The molecule has 0 spiro atoms. The molecule has 0 aromatic heterocycles. The minimum Gasteiger partial charge on any atom is -0.491 e. The van der Waals surface area contributed by atoms with Crippen LogP contribution in [0.3, 0.4) is 0 Å². The lowest BCUT2D eigenvalue weighted by atomic mass is 10.0. The fraction of sp³-hybridized carbons (Fsp3) is 0.611. The summed E-state index contributed by atoms with van der Waals surface area (Å²) < 4.78 is 5.64. The van der Waals surface area contributed by atoms with Gasteiger partial charge in [0, 0.05) is 12.6 Å². The second kappa shape index (κ2) is 9.78. The first-order chi connectivity index (χ1) is 10.5. The van der Waals surface area contributed by atoms with E-state index >= 15 is 0 Å². The first-order valence-corrected chi connectivity index (χ1v) is 8.31. The molecule has 1 saturated heterocycles. The molecule has 0 saturated carbocycles. The van der Waals surface area contributed by atoms with E-state index in [0.717, 1.165) is 38.1 Å². The van der Waals surface area contributed by atoms with Crippen molar-refractivity contribution in [2.75, 3.05) is 13.1 Å². The zero-order valence-corrected chi connectivity index (χ0v) is 15.1. The number of benzene rings is 1. The molecule has 1 heterocycles. The first-order valence-electron chi connectivity index (χ1n) is 8.31. The Morgan fingerprint density at radius 3 is 2.57 bits per heavy atom. The van der Waals surface area contributed by atoms with Crippen molar-refractivity contribution >= 4 is 18.3 Å². The van der Waals surface area contributed by atoms with Gasteiger partial charge < -0.3 is 15.4 Å². The van der Waals surface area contributed by atoms with Crippen molar-refractivity contribution in [3.63, 3.8) is 0 Å². The Labute approximate surface area is 145 Å². The highest BCUT2D eigenvalue weighted by Gasteiger charge is 2.23. The van der Waals surface area contributed by atoms with Crippen LogP contribution in [0.4, 0.5) is 0 Å². The maximum absolute atomic E-state index is 12.0. The molecule has 2 rings (SSSR count). The van der Waals surface area contributed by atoms with E-state index in [1.54, 1.807) is 0 Å². The third-order valence-electron chi connectivity index (χ3n) is 3.98. The molecule has 1 aromatic carbocycles. The SMILES string of the molecule is CC(CCc1ccc(OC(C)C)cc1)NC(=O)C1CCNC1.Cl. The molecule has 4 nitrogen and oxygen atoms in total. The van der Waals surface area contributed by atoms with Gasteiger partial charge in [-0.05, 0) is 64.3 Å². The van der Waals surface area contributed by atoms with Gasteiger partial charge in [-0.15, -0.1) is 12.4 Å². The molecule has 2 N–H and O–H groups in total. The predicted octanol–water partition coefficient (Wildman–Crippen LogP) is 2.94. The van der Waals surface area contributed by atoms with E-state index in [4.69, 9.17) is 4.74 Å². The highest BCUT2D eigenvalue weighted by atomic mass is 35.5. The summed E-state index contributed by atoms with van der Waals surface area (Å²) in [5.74, 6) is 1.25. The fourth-order valence-electron chi connectivity index (χ4n) is 2.70. The first kappa shape index (κ1) is 19.8. The molecule has 1 aliphatic rings. The second-order valence-electron chi connectivity index (χ2n) is 6.45. The number of nitrogens with one attached hydrogen (secondary N) is 2. The summed E-state index contributed by atoms with van der Waals surface area (Å²) >= 11 is 0. The Morgan fingerprint density at radius 2 is 2.00 bits per heavy atom. The number of ether oxygens (including phenoxy) is 1. The van der Waals surface area contributed by atoms with Gasteiger partial charge in [-0.2, -0.15) is 0 Å². The molecule has 23 heavy (non-hydrogen) atoms. The van der Waals surface area contributed by atoms with Gasteiger partial charge in [0.1, 0.15) is 5.75 Å². The van der Waals surface area contributed by atoms with Gasteiger partial charge in [-0.1, -0.05) is 12.1 Å². The van der Waals surface area contributed by atoms with Crippen LogP contribution < -0.4 is 15.4 Å². The summed E-state index contributed by atoms with van der Waals surface area (Å²) in [5.41, 5.74) is 1.28. The summed E-state index contributed by atoms with van der Waals surface area (Å²) in [6, 6.07) is 8.45. The summed E-state index contributed by atoms with van der Waals surface area (Å²) in [4.78, 5) is 12.0. The number of carbonyl (C=O) groups is 1. The Kier molecular flexibility index (Phi) is 8.42. The van der Waals surface area contributed by atoms with Crippen LogP contribution in [0.15, 0.2) is 24.3 Å². The smallest absolute Gasteiger partial charge is 0.224 e. The van der Waals surface area contributed by atoms with E-state index in [1.165, 1.54) is 5.56 Å². The summed E-state index contributed by atoms with van der Waals surface area (Å²) in [7, 11) is 0. The molecule has 1 fully saturated rings. The zero-order chi connectivity index (χ0) is 15.9. The summed E-state index contributed by atoms with van der Waals surface area (Å²) in [6.45, 7) is 7.90. The van der Waals surface area contributed by atoms with Crippen molar-refractivity contribution in [1.82, 2.24) is 10.6 Å². The third-order valence-corrected chi connectivity index (χ3v) is 3.98. The van der Waals surface area contributed by atoms with Crippen LogP contribution in [0.5, 0.6) is 5.75 Å². The van der Waals surface area contributed by atoms with Crippen molar-refractivity contribution in [2.45, 2.75) is 52.2 Å². The highest BCUT2D eigenvalue weighted by molar-refractivity contribution is 5.85. The average molecular weight is 341 g/mol. The van der Waals surface area contributed by atoms with E-state index < -0.39 is 0 Å². The minimum atomic E-state index is 0. The van der Waals surface area contributed by atoms with Crippen LogP contribution in [0.2, 0.25) is 0 Å². The highest BCUT2D eigenvalue weighted by Crippen LogP contribution is 2.15. The monoisotopic (exact) mass is 340 g/mol. The lowest BCUT2D eigenvalue weighted by Crippen LogP contribution is -2.38. The van der Waals surface area contributed by atoms with Gasteiger partial charge in [0.15, 0.2) is 0 Å². The molecule has 0 bridgehead atoms.